The molecule has 0 aliphatic rings. The zero-order valence-electron chi connectivity index (χ0n) is 13.2. The van der Waals surface area contributed by atoms with Crippen LogP contribution in [0.25, 0.3) is 0 Å². The van der Waals surface area contributed by atoms with Crippen molar-refractivity contribution in [3.8, 4) is 0 Å². The topological polar surface area (TPSA) is 66.9 Å². The predicted molar refractivity (Wildman–Crippen MR) is 80.3 cm³/mol. The highest BCUT2D eigenvalue weighted by molar-refractivity contribution is 7.94. The molecule has 7 heteroatoms. The van der Waals surface area contributed by atoms with Crippen molar-refractivity contribution in [3.63, 3.8) is 0 Å². The Morgan fingerprint density at radius 2 is 1.75 bits per heavy atom. The van der Waals surface area contributed by atoms with Gasteiger partial charge in [0.05, 0.1) is 5.75 Å². The van der Waals surface area contributed by atoms with Gasteiger partial charge in [-0.2, -0.15) is 0 Å². The van der Waals surface area contributed by atoms with E-state index in [4.69, 9.17) is 4.74 Å². The number of ether oxygens (including phenoxy) is 1. The highest BCUT2D eigenvalue weighted by atomic mass is 32.2. The van der Waals surface area contributed by atoms with Crippen molar-refractivity contribution >= 4 is 15.9 Å². The lowest BCUT2D eigenvalue weighted by atomic mass is 10.2. The number of amides is 1. The molecule has 1 amide bonds. The molecule has 6 nitrogen and oxygen atoms in total. The van der Waals surface area contributed by atoms with Crippen LogP contribution in [0.1, 0.15) is 20.8 Å². The summed E-state index contributed by atoms with van der Waals surface area (Å²) >= 11 is 0. The van der Waals surface area contributed by atoms with Crippen LogP contribution < -0.4 is 0 Å². The summed E-state index contributed by atoms with van der Waals surface area (Å²) in [6.45, 7) is 5.95. The Morgan fingerprint density at radius 3 is 2.20 bits per heavy atom. The highest BCUT2D eigenvalue weighted by Crippen LogP contribution is 2.09. The molecule has 0 fully saturated rings. The van der Waals surface area contributed by atoms with Gasteiger partial charge in [0.25, 0.3) is 0 Å². The van der Waals surface area contributed by atoms with E-state index in [1.54, 1.807) is 26.8 Å². The van der Waals surface area contributed by atoms with Crippen LogP contribution in [0, 0.1) is 0 Å². The second-order valence-corrected chi connectivity index (χ2v) is 7.91. The predicted octanol–water partition coefficient (Wildman–Crippen LogP) is 1.34. The van der Waals surface area contributed by atoms with Crippen LogP contribution in [0.3, 0.4) is 0 Å². The van der Waals surface area contributed by atoms with Gasteiger partial charge in [-0.05, 0) is 34.9 Å². The maximum absolute atomic E-state index is 11.7. The molecule has 0 unspecified atom stereocenters. The minimum Gasteiger partial charge on any atom is -0.444 e. The Bertz CT molecular complexity index is 436. The van der Waals surface area contributed by atoms with E-state index in [0.717, 1.165) is 0 Å². The van der Waals surface area contributed by atoms with E-state index in [9.17, 15) is 13.2 Å². The Kier molecular flexibility index (Phi) is 7.22. The van der Waals surface area contributed by atoms with Gasteiger partial charge >= 0.3 is 6.09 Å². The smallest absolute Gasteiger partial charge is 0.410 e. The van der Waals surface area contributed by atoms with Gasteiger partial charge in [0.1, 0.15) is 5.60 Å². The van der Waals surface area contributed by atoms with Gasteiger partial charge < -0.3 is 14.5 Å². The van der Waals surface area contributed by atoms with Gasteiger partial charge in [-0.15, -0.1) is 0 Å². The molecule has 0 saturated carbocycles. The SMILES string of the molecule is CN(C)C/C=C/S(=O)(=O)CCN(C)C(=O)OC(C)(C)C. The van der Waals surface area contributed by atoms with Crippen molar-refractivity contribution in [2.24, 2.45) is 0 Å². The van der Waals surface area contributed by atoms with E-state index in [0.29, 0.717) is 6.54 Å². The second kappa shape index (κ2) is 7.64. The van der Waals surface area contributed by atoms with E-state index in [2.05, 4.69) is 0 Å². The highest BCUT2D eigenvalue weighted by Gasteiger charge is 2.20. The Hall–Kier alpha value is -1.08. The zero-order valence-corrected chi connectivity index (χ0v) is 14.0. The second-order valence-electron chi connectivity index (χ2n) is 5.90. The molecular formula is C13H26N2O4S. The summed E-state index contributed by atoms with van der Waals surface area (Å²) in [4.78, 5) is 14.8. The molecule has 0 N–H and O–H groups in total. The van der Waals surface area contributed by atoms with Gasteiger partial charge in [0, 0.05) is 25.5 Å². The van der Waals surface area contributed by atoms with Crippen molar-refractivity contribution in [1.29, 1.82) is 0 Å². The van der Waals surface area contributed by atoms with Crippen LogP contribution in [0.2, 0.25) is 0 Å². The van der Waals surface area contributed by atoms with Crippen molar-refractivity contribution in [1.82, 2.24) is 9.80 Å². The zero-order chi connectivity index (χ0) is 16.0. The monoisotopic (exact) mass is 306 g/mol. The summed E-state index contributed by atoms with van der Waals surface area (Å²) in [6, 6.07) is 0. The molecule has 0 atom stereocenters. The van der Waals surface area contributed by atoms with Crippen LogP contribution in [0.5, 0.6) is 0 Å². The Morgan fingerprint density at radius 1 is 1.20 bits per heavy atom. The summed E-state index contributed by atoms with van der Waals surface area (Å²) in [6.07, 6.45) is 1.06. The minimum absolute atomic E-state index is 0.101. The first-order chi connectivity index (χ1) is 8.93. The average molecular weight is 306 g/mol. The third-order valence-corrected chi connectivity index (χ3v) is 3.55. The van der Waals surface area contributed by atoms with Gasteiger partial charge in [-0.1, -0.05) is 6.08 Å². The molecule has 0 rings (SSSR count). The van der Waals surface area contributed by atoms with Gasteiger partial charge in [-0.25, -0.2) is 13.2 Å². The van der Waals surface area contributed by atoms with Crippen molar-refractivity contribution in [2.45, 2.75) is 26.4 Å². The molecule has 0 aromatic carbocycles. The number of likely N-dealkylation sites (N-methyl/N-ethyl adjacent to an activating group) is 1. The lowest BCUT2D eigenvalue weighted by Crippen LogP contribution is -2.36. The van der Waals surface area contributed by atoms with E-state index in [1.807, 2.05) is 19.0 Å². The van der Waals surface area contributed by atoms with E-state index >= 15 is 0 Å². The molecule has 0 aromatic rings. The first-order valence-corrected chi connectivity index (χ1v) is 8.12. The van der Waals surface area contributed by atoms with E-state index in [1.165, 1.54) is 17.4 Å². The summed E-state index contributed by atoms with van der Waals surface area (Å²) < 4.78 is 28.6. The van der Waals surface area contributed by atoms with Crippen LogP contribution in [0.4, 0.5) is 4.79 Å². The largest absolute Gasteiger partial charge is 0.444 e. The summed E-state index contributed by atoms with van der Waals surface area (Å²) in [5.74, 6) is -0.118. The molecule has 0 bridgehead atoms. The first kappa shape index (κ1) is 18.9. The Balaban J connectivity index is 4.33. The van der Waals surface area contributed by atoms with Crippen molar-refractivity contribution in [2.75, 3.05) is 40.0 Å². The standard InChI is InChI=1S/C13H26N2O4S/c1-13(2,3)19-12(16)15(6)9-11-20(17,18)10-7-8-14(4)5/h7,10H,8-9,11H2,1-6H3/b10-7+. The average Bonchev–Trinajstić information content (AvgIpc) is 2.22. The summed E-state index contributed by atoms with van der Waals surface area (Å²) in [5.41, 5.74) is -0.587. The fourth-order valence-electron chi connectivity index (χ4n) is 1.16. The molecule has 20 heavy (non-hydrogen) atoms. The molecule has 0 aromatic heterocycles. The van der Waals surface area contributed by atoms with E-state index in [-0.39, 0.29) is 12.3 Å². The van der Waals surface area contributed by atoms with Gasteiger partial charge in [-0.3, -0.25) is 0 Å². The lowest BCUT2D eigenvalue weighted by Gasteiger charge is -2.24. The minimum atomic E-state index is -3.31. The first-order valence-electron chi connectivity index (χ1n) is 6.41. The number of sulfone groups is 1. The molecule has 0 spiro atoms. The Labute approximate surface area is 122 Å². The summed E-state index contributed by atoms with van der Waals surface area (Å²) in [7, 11) is 1.92. The molecule has 0 saturated heterocycles. The van der Waals surface area contributed by atoms with E-state index < -0.39 is 21.5 Å². The fraction of sp³-hybridized carbons (Fsp3) is 0.769. The fourth-order valence-corrected chi connectivity index (χ4v) is 2.21. The molecule has 0 heterocycles. The van der Waals surface area contributed by atoms with Crippen molar-refractivity contribution in [3.05, 3.63) is 11.5 Å². The van der Waals surface area contributed by atoms with Crippen LogP contribution >= 0.6 is 0 Å². The molecule has 0 aliphatic heterocycles. The molecular weight excluding hydrogens is 280 g/mol. The summed E-state index contributed by atoms with van der Waals surface area (Å²) in [5, 5.41) is 1.19. The number of hydrogen-bond donors (Lipinski definition) is 0. The quantitative estimate of drug-likeness (QED) is 0.741. The molecule has 0 aliphatic carbocycles. The number of carbonyl (C=O) groups is 1. The third-order valence-electron chi connectivity index (χ3n) is 2.19. The third kappa shape index (κ3) is 9.80. The molecule has 0 radical (unpaired) electrons. The van der Waals surface area contributed by atoms with Crippen molar-refractivity contribution < 1.29 is 17.9 Å². The lowest BCUT2D eigenvalue weighted by molar-refractivity contribution is 0.0309. The maximum Gasteiger partial charge on any atom is 0.410 e. The van der Waals surface area contributed by atoms with Crippen LogP contribution in [0.15, 0.2) is 11.5 Å². The normalized spacial score (nSPS) is 12.9. The number of hydrogen-bond acceptors (Lipinski definition) is 5. The maximum atomic E-state index is 11.7. The van der Waals surface area contributed by atoms with Gasteiger partial charge in [0.2, 0.25) is 0 Å². The number of nitrogens with zero attached hydrogens (tertiary/aromatic N) is 2. The number of rotatable bonds is 6. The van der Waals surface area contributed by atoms with Crippen LogP contribution in [-0.4, -0.2) is 69.9 Å². The van der Waals surface area contributed by atoms with Crippen LogP contribution in [-0.2, 0) is 14.6 Å². The number of carbonyl (C=O) groups excluding carboxylic acids is 1. The van der Waals surface area contributed by atoms with Gasteiger partial charge in [0.15, 0.2) is 9.84 Å². The molecule has 118 valence electrons.